The molecule has 0 aliphatic heterocycles. The van der Waals surface area contributed by atoms with Crippen LogP contribution in [0.1, 0.15) is 0 Å². The highest BCUT2D eigenvalue weighted by Gasteiger charge is 1.99. The third-order valence-electron chi connectivity index (χ3n) is 1.49. The first-order valence-electron chi connectivity index (χ1n) is 3.62. The summed E-state index contributed by atoms with van der Waals surface area (Å²) in [6.45, 7) is 0. The Balaban J connectivity index is 2.59. The average Bonchev–Trinajstić information content (AvgIpc) is 2.53. The molecule has 0 fully saturated rings. The van der Waals surface area contributed by atoms with Crippen molar-refractivity contribution in [3.05, 3.63) is 34.9 Å². The van der Waals surface area contributed by atoms with Crippen LogP contribution >= 0.6 is 0 Å². The maximum Gasteiger partial charge on any atom is 0.254 e. The maximum atomic E-state index is 11.0. The molecule has 0 radical (unpaired) electrons. The van der Waals surface area contributed by atoms with E-state index in [1.54, 1.807) is 18.5 Å². The van der Waals surface area contributed by atoms with E-state index < -0.39 is 0 Å². The second-order valence-corrected chi connectivity index (χ2v) is 2.44. The van der Waals surface area contributed by atoms with Gasteiger partial charge in [0.2, 0.25) is 5.95 Å². The average molecular weight is 177 g/mol. The molecule has 6 nitrogen and oxygen atoms in total. The third-order valence-corrected chi connectivity index (χ3v) is 1.49. The van der Waals surface area contributed by atoms with Gasteiger partial charge in [-0.1, -0.05) is 0 Å². The zero-order chi connectivity index (χ0) is 9.26. The number of rotatable bonds is 1. The molecule has 0 unspecified atom stereocenters. The van der Waals surface area contributed by atoms with E-state index in [0.29, 0.717) is 5.82 Å². The molecule has 0 aliphatic rings. The summed E-state index contributed by atoms with van der Waals surface area (Å²) in [6, 6.07) is 3.06. The topological polar surface area (TPSA) is 89.6 Å². The lowest BCUT2D eigenvalue weighted by Crippen LogP contribution is -2.13. The van der Waals surface area contributed by atoms with Crippen molar-refractivity contribution in [2.75, 3.05) is 5.73 Å². The van der Waals surface area contributed by atoms with E-state index in [-0.39, 0.29) is 11.5 Å². The largest absolute Gasteiger partial charge is 0.369 e. The molecule has 2 aromatic rings. The SMILES string of the molecule is Nc1nc(-n2cccn2)cc(=O)[nH]1. The summed E-state index contributed by atoms with van der Waals surface area (Å²) in [5, 5.41) is 3.91. The van der Waals surface area contributed by atoms with Gasteiger partial charge >= 0.3 is 0 Å². The molecule has 66 valence electrons. The summed E-state index contributed by atoms with van der Waals surface area (Å²) in [6.07, 6.45) is 3.28. The van der Waals surface area contributed by atoms with E-state index in [4.69, 9.17) is 5.73 Å². The minimum atomic E-state index is -0.294. The van der Waals surface area contributed by atoms with Gasteiger partial charge in [0.25, 0.3) is 5.56 Å². The van der Waals surface area contributed by atoms with Gasteiger partial charge in [-0.05, 0) is 6.07 Å². The van der Waals surface area contributed by atoms with Crippen LogP contribution in [-0.2, 0) is 0 Å². The molecule has 0 amide bonds. The van der Waals surface area contributed by atoms with Crippen molar-refractivity contribution in [1.29, 1.82) is 0 Å². The number of nitrogens with zero attached hydrogens (tertiary/aromatic N) is 3. The van der Waals surface area contributed by atoms with Gasteiger partial charge < -0.3 is 5.73 Å². The lowest BCUT2D eigenvalue weighted by molar-refractivity contribution is 0.839. The number of H-pyrrole nitrogens is 1. The van der Waals surface area contributed by atoms with Crippen molar-refractivity contribution < 1.29 is 0 Å². The van der Waals surface area contributed by atoms with Crippen LogP contribution in [0, 0.1) is 0 Å². The first-order valence-corrected chi connectivity index (χ1v) is 3.62. The molecular formula is C7H7N5O. The van der Waals surface area contributed by atoms with Crippen LogP contribution in [0.2, 0.25) is 0 Å². The van der Waals surface area contributed by atoms with Gasteiger partial charge in [-0.15, -0.1) is 0 Å². The molecule has 0 atom stereocenters. The molecule has 2 aromatic heterocycles. The number of anilines is 1. The quantitative estimate of drug-likeness (QED) is 0.616. The van der Waals surface area contributed by atoms with E-state index in [1.807, 2.05) is 0 Å². The number of aromatic nitrogens is 4. The third kappa shape index (κ3) is 1.41. The highest BCUT2D eigenvalue weighted by Crippen LogP contribution is 1.98. The fraction of sp³-hybridized carbons (Fsp3) is 0. The lowest BCUT2D eigenvalue weighted by Gasteiger charge is -1.99. The molecule has 3 N–H and O–H groups in total. The first-order chi connectivity index (χ1) is 6.25. The molecule has 0 bridgehead atoms. The zero-order valence-electron chi connectivity index (χ0n) is 6.64. The number of nitrogens with one attached hydrogen (secondary N) is 1. The van der Waals surface area contributed by atoms with Crippen LogP contribution in [0.25, 0.3) is 5.82 Å². The Bertz CT molecular complexity index is 458. The summed E-state index contributed by atoms with van der Waals surface area (Å²) >= 11 is 0. The molecule has 0 saturated carbocycles. The van der Waals surface area contributed by atoms with Gasteiger partial charge in [-0.3, -0.25) is 9.78 Å². The normalized spacial score (nSPS) is 10.2. The molecule has 2 rings (SSSR count). The second-order valence-electron chi connectivity index (χ2n) is 2.44. The Morgan fingerprint density at radius 1 is 1.54 bits per heavy atom. The predicted octanol–water partition coefficient (Wildman–Crippen LogP) is -0.462. The molecule has 0 spiro atoms. The highest BCUT2D eigenvalue weighted by atomic mass is 16.1. The van der Waals surface area contributed by atoms with Crippen molar-refractivity contribution in [1.82, 2.24) is 19.7 Å². The number of hydrogen-bond acceptors (Lipinski definition) is 4. The standard InChI is InChI=1S/C7H7N5O/c8-7-10-5(4-6(13)11-7)12-3-1-2-9-12/h1-4H,(H3,8,10,11,13). The summed E-state index contributed by atoms with van der Waals surface area (Å²) in [5.74, 6) is 0.490. The fourth-order valence-corrected chi connectivity index (χ4v) is 0.985. The van der Waals surface area contributed by atoms with E-state index in [0.717, 1.165) is 0 Å². The number of nitrogen functional groups attached to an aromatic ring is 1. The van der Waals surface area contributed by atoms with E-state index in [2.05, 4.69) is 15.1 Å². The Kier molecular flexibility index (Phi) is 1.59. The second kappa shape index (κ2) is 2.74. The maximum absolute atomic E-state index is 11.0. The Labute approximate surface area is 73.0 Å². The first kappa shape index (κ1) is 7.53. The smallest absolute Gasteiger partial charge is 0.254 e. The summed E-state index contributed by atoms with van der Waals surface area (Å²) in [7, 11) is 0. The van der Waals surface area contributed by atoms with Crippen LogP contribution < -0.4 is 11.3 Å². The molecule has 2 heterocycles. The van der Waals surface area contributed by atoms with Crippen molar-refractivity contribution in [3.63, 3.8) is 0 Å². The van der Waals surface area contributed by atoms with Crippen LogP contribution in [0.15, 0.2) is 29.3 Å². The van der Waals surface area contributed by atoms with Gasteiger partial charge in [0.05, 0.1) is 0 Å². The van der Waals surface area contributed by atoms with Gasteiger partial charge in [-0.25, -0.2) is 4.68 Å². The van der Waals surface area contributed by atoms with Gasteiger partial charge in [0.1, 0.15) is 0 Å². The Morgan fingerprint density at radius 2 is 2.38 bits per heavy atom. The summed E-state index contributed by atoms with van der Waals surface area (Å²) in [5.41, 5.74) is 5.06. The monoisotopic (exact) mass is 177 g/mol. The van der Waals surface area contributed by atoms with Gasteiger partial charge in [0.15, 0.2) is 5.82 Å². The molecular weight excluding hydrogens is 170 g/mol. The molecule has 0 saturated heterocycles. The van der Waals surface area contributed by atoms with Gasteiger partial charge in [0, 0.05) is 18.5 Å². The van der Waals surface area contributed by atoms with Crippen LogP contribution in [0.5, 0.6) is 0 Å². The van der Waals surface area contributed by atoms with Crippen LogP contribution in [-0.4, -0.2) is 19.7 Å². The van der Waals surface area contributed by atoms with Crippen molar-refractivity contribution >= 4 is 5.95 Å². The van der Waals surface area contributed by atoms with Crippen molar-refractivity contribution in [2.24, 2.45) is 0 Å². The fourth-order valence-electron chi connectivity index (χ4n) is 0.985. The summed E-state index contributed by atoms with van der Waals surface area (Å²) in [4.78, 5) is 17.2. The number of hydrogen-bond donors (Lipinski definition) is 2. The van der Waals surface area contributed by atoms with Crippen molar-refractivity contribution in [2.45, 2.75) is 0 Å². The Hall–Kier alpha value is -2.11. The van der Waals surface area contributed by atoms with E-state index in [9.17, 15) is 4.79 Å². The number of aromatic amines is 1. The lowest BCUT2D eigenvalue weighted by atomic mass is 10.5. The highest BCUT2D eigenvalue weighted by molar-refractivity contribution is 5.26. The minimum absolute atomic E-state index is 0.0815. The molecule has 13 heavy (non-hydrogen) atoms. The molecule has 0 aromatic carbocycles. The van der Waals surface area contributed by atoms with Gasteiger partial charge in [-0.2, -0.15) is 10.1 Å². The summed E-state index contributed by atoms with van der Waals surface area (Å²) < 4.78 is 1.46. The Morgan fingerprint density at radius 3 is 3.00 bits per heavy atom. The molecule has 6 heteroatoms. The predicted molar refractivity (Wildman–Crippen MR) is 46.4 cm³/mol. The van der Waals surface area contributed by atoms with E-state index in [1.165, 1.54) is 10.7 Å². The minimum Gasteiger partial charge on any atom is -0.369 e. The molecule has 0 aliphatic carbocycles. The zero-order valence-corrected chi connectivity index (χ0v) is 6.64. The van der Waals surface area contributed by atoms with Crippen LogP contribution in [0.3, 0.4) is 0 Å². The number of nitrogens with two attached hydrogens (primary N) is 1. The van der Waals surface area contributed by atoms with E-state index >= 15 is 0 Å². The van der Waals surface area contributed by atoms with Crippen LogP contribution in [0.4, 0.5) is 5.95 Å². The van der Waals surface area contributed by atoms with Crippen molar-refractivity contribution in [3.8, 4) is 5.82 Å².